The summed E-state index contributed by atoms with van der Waals surface area (Å²) in [5.74, 6) is 0.848. The van der Waals surface area contributed by atoms with Gasteiger partial charge < -0.3 is 4.74 Å². The molecule has 0 spiro atoms. The van der Waals surface area contributed by atoms with E-state index in [1.165, 1.54) is 25.8 Å². The topological polar surface area (TPSA) is 36.3 Å². The van der Waals surface area contributed by atoms with Crippen LogP contribution in [0, 0.1) is 11.3 Å². The zero-order valence-corrected chi connectivity index (χ0v) is 10.9. The summed E-state index contributed by atoms with van der Waals surface area (Å²) in [6.45, 7) is 5.11. The largest absolute Gasteiger partial charge is 0.492 e. The minimum Gasteiger partial charge on any atom is -0.492 e. The first kappa shape index (κ1) is 12.9. The van der Waals surface area contributed by atoms with Gasteiger partial charge in [-0.3, -0.25) is 4.90 Å². The number of nitrogens with zero attached hydrogens (tertiary/aromatic N) is 2. The molecule has 0 amide bonds. The second-order valence-corrected chi connectivity index (χ2v) is 4.75. The molecule has 1 aromatic rings. The highest BCUT2D eigenvalue weighted by Crippen LogP contribution is 2.26. The van der Waals surface area contributed by atoms with Crippen LogP contribution in [0.3, 0.4) is 0 Å². The number of benzene rings is 1. The molecule has 0 atom stereocenters. The van der Waals surface area contributed by atoms with Gasteiger partial charge >= 0.3 is 0 Å². The smallest absolute Gasteiger partial charge is 0.119 e. The van der Waals surface area contributed by atoms with Gasteiger partial charge in [0.1, 0.15) is 12.4 Å². The predicted octanol–water partition coefficient (Wildman–Crippen LogP) is 2.81. The van der Waals surface area contributed by atoms with Crippen molar-refractivity contribution in [1.82, 2.24) is 4.90 Å². The van der Waals surface area contributed by atoms with Crippen molar-refractivity contribution in [3.05, 3.63) is 29.8 Å². The van der Waals surface area contributed by atoms with Gasteiger partial charge in [0.05, 0.1) is 11.6 Å². The lowest BCUT2D eigenvalue weighted by Gasteiger charge is -2.21. The maximum Gasteiger partial charge on any atom is 0.119 e. The van der Waals surface area contributed by atoms with E-state index in [4.69, 9.17) is 10.00 Å². The van der Waals surface area contributed by atoms with E-state index in [9.17, 15) is 0 Å². The Kier molecular flexibility index (Phi) is 4.60. The van der Waals surface area contributed by atoms with E-state index in [1.807, 2.05) is 12.1 Å². The molecule has 0 aliphatic heterocycles. The van der Waals surface area contributed by atoms with E-state index in [1.54, 1.807) is 12.1 Å². The van der Waals surface area contributed by atoms with Crippen LogP contribution in [0.2, 0.25) is 0 Å². The van der Waals surface area contributed by atoms with E-state index in [0.717, 1.165) is 24.9 Å². The first-order valence-electron chi connectivity index (χ1n) is 6.70. The van der Waals surface area contributed by atoms with E-state index in [-0.39, 0.29) is 0 Å². The Bertz CT molecular complexity index is 403. The maximum atomic E-state index is 8.71. The summed E-state index contributed by atoms with van der Waals surface area (Å²) in [5, 5.41) is 8.71. The molecule has 0 aromatic heterocycles. The van der Waals surface area contributed by atoms with Gasteiger partial charge in [-0.1, -0.05) is 6.92 Å². The lowest BCUT2D eigenvalue weighted by atomic mass is 10.2. The number of hydrogen-bond donors (Lipinski definition) is 0. The molecule has 0 N–H and O–H groups in total. The molecule has 0 bridgehead atoms. The van der Waals surface area contributed by atoms with Crippen LogP contribution >= 0.6 is 0 Å². The van der Waals surface area contributed by atoms with E-state index >= 15 is 0 Å². The summed E-state index contributed by atoms with van der Waals surface area (Å²) in [4.78, 5) is 2.52. The van der Waals surface area contributed by atoms with Crippen molar-refractivity contribution in [1.29, 1.82) is 5.26 Å². The van der Waals surface area contributed by atoms with E-state index < -0.39 is 0 Å². The molecule has 0 radical (unpaired) electrons. The van der Waals surface area contributed by atoms with Crippen LogP contribution in [0.1, 0.15) is 31.7 Å². The van der Waals surface area contributed by atoms with E-state index in [0.29, 0.717) is 5.56 Å². The van der Waals surface area contributed by atoms with Crippen LogP contribution < -0.4 is 4.74 Å². The fourth-order valence-electron chi connectivity index (χ4n) is 2.11. The third-order valence-corrected chi connectivity index (χ3v) is 3.20. The Morgan fingerprint density at radius 3 is 2.56 bits per heavy atom. The molecule has 1 fully saturated rings. The maximum absolute atomic E-state index is 8.71. The molecule has 1 saturated carbocycles. The third-order valence-electron chi connectivity index (χ3n) is 3.20. The zero-order valence-electron chi connectivity index (χ0n) is 10.9. The van der Waals surface area contributed by atoms with Gasteiger partial charge in [0.25, 0.3) is 0 Å². The lowest BCUT2D eigenvalue weighted by molar-refractivity contribution is 0.202. The summed E-state index contributed by atoms with van der Waals surface area (Å²) in [6.07, 6.45) is 3.89. The minimum atomic E-state index is 0.674. The molecule has 1 aliphatic rings. The van der Waals surface area contributed by atoms with Gasteiger partial charge in [-0.2, -0.15) is 5.26 Å². The molecule has 1 aromatic carbocycles. The molecule has 0 heterocycles. The van der Waals surface area contributed by atoms with Crippen LogP contribution in [0.5, 0.6) is 5.75 Å². The number of rotatable bonds is 7. The molecule has 0 saturated heterocycles. The molecule has 1 aliphatic carbocycles. The molecule has 0 unspecified atom stereocenters. The summed E-state index contributed by atoms with van der Waals surface area (Å²) in [5.41, 5.74) is 0.674. The molecular formula is C15H20N2O. The summed E-state index contributed by atoms with van der Waals surface area (Å²) >= 11 is 0. The normalized spacial score (nSPS) is 14.5. The average molecular weight is 244 g/mol. The molecule has 3 nitrogen and oxygen atoms in total. The highest BCUT2D eigenvalue weighted by Gasteiger charge is 2.27. The highest BCUT2D eigenvalue weighted by molar-refractivity contribution is 5.34. The molecule has 96 valence electrons. The van der Waals surface area contributed by atoms with Crippen molar-refractivity contribution in [2.24, 2.45) is 0 Å². The number of ether oxygens (including phenoxy) is 1. The van der Waals surface area contributed by atoms with Crippen molar-refractivity contribution in [3.63, 3.8) is 0 Å². The Morgan fingerprint density at radius 1 is 1.28 bits per heavy atom. The van der Waals surface area contributed by atoms with Gasteiger partial charge in [-0.05, 0) is 50.1 Å². The van der Waals surface area contributed by atoms with Crippen molar-refractivity contribution in [3.8, 4) is 11.8 Å². The second-order valence-electron chi connectivity index (χ2n) is 4.75. The second kappa shape index (κ2) is 6.42. The van der Waals surface area contributed by atoms with Crippen molar-refractivity contribution in [2.45, 2.75) is 32.2 Å². The Morgan fingerprint density at radius 2 is 2.00 bits per heavy atom. The molecule has 18 heavy (non-hydrogen) atoms. The van der Waals surface area contributed by atoms with Crippen molar-refractivity contribution < 1.29 is 4.74 Å². The summed E-state index contributed by atoms with van der Waals surface area (Å²) in [6, 6.07) is 10.2. The van der Waals surface area contributed by atoms with Crippen LogP contribution in [0.4, 0.5) is 0 Å². The standard InChI is InChI=1S/C15H20N2O/c1-2-9-17(14-5-6-14)10-11-18-15-7-3-13(12-16)4-8-15/h3-4,7-8,14H,2,5-6,9-11H2,1H3. The van der Waals surface area contributed by atoms with Gasteiger partial charge in [-0.15, -0.1) is 0 Å². The highest BCUT2D eigenvalue weighted by atomic mass is 16.5. The minimum absolute atomic E-state index is 0.674. The van der Waals surface area contributed by atoms with Crippen molar-refractivity contribution >= 4 is 0 Å². The first-order chi connectivity index (χ1) is 8.83. The van der Waals surface area contributed by atoms with Crippen LogP contribution in [0.25, 0.3) is 0 Å². The van der Waals surface area contributed by atoms with Gasteiger partial charge in [-0.25, -0.2) is 0 Å². The predicted molar refractivity (Wildman–Crippen MR) is 71.5 cm³/mol. The average Bonchev–Trinajstić information content (AvgIpc) is 3.23. The molecular weight excluding hydrogens is 224 g/mol. The van der Waals surface area contributed by atoms with Gasteiger partial charge in [0.2, 0.25) is 0 Å². The summed E-state index contributed by atoms with van der Waals surface area (Å²) in [7, 11) is 0. The molecule has 2 rings (SSSR count). The van der Waals surface area contributed by atoms with Crippen LogP contribution in [-0.4, -0.2) is 30.6 Å². The van der Waals surface area contributed by atoms with Crippen LogP contribution in [-0.2, 0) is 0 Å². The third kappa shape index (κ3) is 3.75. The Hall–Kier alpha value is -1.53. The monoisotopic (exact) mass is 244 g/mol. The fourth-order valence-corrected chi connectivity index (χ4v) is 2.11. The van der Waals surface area contributed by atoms with Gasteiger partial charge in [0, 0.05) is 12.6 Å². The van der Waals surface area contributed by atoms with Gasteiger partial charge in [0.15, 0.2) is 0 Å². The Labute approximate surface area is 109 Å². The number of hydrogen-bond acceptors (Lipinski definition) is 3. The zero-order chi connectivity index (χ0) is 12.8. The number of nitriles is 1. The van der Waals surface area contributed by atoms with Crippen LogP contribution in [0.15, 0.2) is 24.3 Å². The summed E-state index contributed by atoms with van der Waals surface area (Å²) < 4.78 is 5.71. The quantitative estimate of drug-likeness (QED) is 0.740. The Balaban J connectivity index is 1.74. The lowest BCUT2D eigenvalue weighted by Crippen LogP contribution is -2.31. The van der Waals surface area contributed by atoms with Crippen molar-refractivity contribution in [2.75, 3.05) is 19.7 Å². The van der Waals surface area contributed by atoms with E-state index in [2.05, 4.69) is 17.9 Å². The SMILES string of the molecule is CCCN(CCOc1ccc(C#N)cc1)C1CC1. The fraction of sp³-hybridized carbons (Fsp3) is 0.533. The first-order valence-corrected chi connectivity index (χ1v) is 6.70. The molecule has 3 heteroatoms.